The van der Waals surface area contributed by atoms with E-state index in [1.54, 1.807) is 0 Å². The molecule has 2 aliphatic rings. The second kappa shape index (κ2) is 4.77. The van der Waals surface area contributed by atoms with Gasteiger partial charge in [-0.05, 0) is 46.8 Å². The predicted molar refractivity (Wildman–Crippen MR) is 71.8 cm³/mol. The highest BCUT2D eigenvalue weighted by molar-refractivity contribution is 9.11. The van der Waals surface area contributed by atoms with Crippen LogP contribution in [-0.2, 0) is 6.54 Å². The van der Waals surface area contributed by atoms with Crippen molar-refractivity contribution in [2.75, 3.05) is 19.6 Å². The lowest BCUT2D eigenvalue weighted by atomic mass is 10.1. The molecule has 1 aromatic rings. The molecule has 16 heavy (non-hydrogen) atoms. The third-order valence-corrected chi connectivity index (χ3v) is 5.10. The summed E-state index contributed by atoms with van der Waals surface area (Å²) >= 11 is 5.39. The van der Waals surface area contributed by atoms with Crippen LogP contribution in [0.5, 0.6) is 0 Å². The Morgan fingerprint density at radius 2 is 2.31 bits per heavy atom. The van der Waals surface area contributed by atoms with Crippen LogP contribution in [0.1, 0.15) is 17.7 Å². The topological polar surface area (TPSA) is 15.3 Å². The van der Waals surface area contributed by atoms with E-state index in [0.29, 0.717) is 0 Å². The lowest BCUT2D eigenvalue weighted by Gasteiger charge is -2.33. The van der Waals surface area contributed by atoms with Gasteiger partial charge in [0.2, 0.25) is 0 Å². The first kappa shape index (κ1) is 11.2. The van der Waals surface area contributed by atoms with Crippen molar-refractivity contribution >= 4 is 27.3 Å². The van der Waals surface area contributed by atoms with Gasteiger partial charge in [0, 0.05) is 37.1 Å². The fourth-order valence-corrected chi connectivity index (χ4v) is 3.98. The van der Waals surface area contributed by atoms with E-state index in [4.69, 9.17) is 0 Å². The largest absolute Gasteiger partial charge is 0.311 e. The van der Waals surface area contributed by atoms with Crippen LogP contribution in [0.2, 0.25) is 0 Å². The molecule has 0 radical (unpaired) electrons. The number of hydrogen-bond donors (Lipinski definition) is 1. The standard InChI is InChI=1S/C12H17BrN2S/c13-12-4-3-10(16-12)7-15-6-5-14-11(8-15)9-1-2-9/h3-4,9,11,14H,1-2,5-8H2. The molecule has 1 unspecified atom stereocenters. The molecule has 0 aromatic carbocycles. The monoisotopic (exact) mass is 300 g/mol. The summed E-state index contributed by atoms with van der Waals surface area (Å²) in [6, 6.07) is 5.15. The van der Waals surface area contributed by atoms with Crippen LogP contribution in [0.25, 0.3) is 0 Å². The minimum atomic E-state index is 0.761. The van der Waals surface area contributed by atoms with Gasteiger partial charge >= 0.3 is 0 Å². The first-order valence-electron chi connectivity index (χ1n) is 6.01. The Kier molecular flexibility index (Phi) is 3.34. The molecule has 88 valence electrons. The van der Waals surface area contributed by atoms with Crippen molar-refractivity contribution in [1.29, 1.82) is 0 Å². The SMILES string of the molecule is Brc1ccc(CN2CCNC(C3CC3)C2)s1. The maximum Gasteiger partial charge on any atom is 0.0701 e. The van der Waals surface area contributed by atoms with E-state index in [0.717, 1.165) is 25.0 Å². The first-order valence-corrected chi connectivity index (χ1v) is 7.62. The average molecular weight is 301 g/mol. The van der Waals surface area contributed by atoms with Gasteiger partial charge in [-0.2, -0.15) is 0 Å². The third kappa shape index (κ3) is 2.67. The van der Waals surface area contributed by atoms with Crippen molar-refractivity contribution in [2.24, 2.45) is 5.92 Å². The molecule has 3 rings (SSSR count). The summed E-state index contributed by atoms with van der Waals surface area (Å²) in [6.45, 7) is 4.72. The molecule has 0 bridgehead atoms. The molecule has 1 aliphatic heterocycles. The fraction of sp³-hybridized carbons (Fsp3) is 0.667. The van der Waals surface area contributed by atoms with E-state index < -0.39 is 0 Å². The molecule has 1 saturated heterocycles. The molecule has 4 heteroatoms. The van der Waals surface area contributed by atoms with Gasteiger partial charge in [-0.25, -0.2) is 0 Å². The van der Waals surface area contributed by atoms with Crippen molar-refractivity contribution in [3.8, 4) is 0 Å². The van der Waals surface area contributed by atoms with Crippen LogP contribution in [0.3, 0.4) is 0 Å². The van der Waals surface area contributed by atoms with Gasteiger partial charge in [-0.15, -0.1) is 11.3 Å². The Bertz CT molecular complexity index is 362. The van der Waals surface area contributed by atoms with Gasteiger partial charge in [0.1, 0.15) is 0 Å². The molecule has 1 aliphatic carbocycles. The summed E-state index contributed by atoms with van der Waals surface area (Å²) in [7, 11) is 0. The minimum Gasteiger partial charge on any atom is -0.311 e. The van der Waals surface area contributed by atoms with Gasteiger partial charge in [0.25, 0.3) is 0 Å². The van der Waals surface area contributed by atoms with Gasteiger partial charge in [-0.1, -0.05) is 0 Å². The maximum atomic E-state index is 3.65. The normalized spacial score (nSPS) is 27.2. The van der Waals surface area contributed by atoms with Gasteiger partial charge < -0.3 is 5.32 Å². The summed E-state index contributed by atoms with van der Waals surface area (Å²) in [5.41, 5.74) is 0. The lowest BCUT2D eigenvalue weighted by molar-refractivity contribution is 0.183. The Labute approximate surface area is 109 Å². The average Bonchev–Trinajstić information content (AvgIpc) is 3.05. The molecular formula is C12H17BrN2S. The van der Waals surface area contributed by atoms with Crippen LogP contribution in [0, 0.1) is 5.92 Å². The molecular weight excluding hydrogens is 284 g/mol. The van der Waals surface area contributed by atoms with Crippen LogP contribution in [0.15, 0.2) is 15.9 Å². The van der Waals surface area contributed by atoms with Gasteiger partial charge in [-0.3, -0.25) is 4.90 Å². The Hall–Kier alpha value is 0.1000. The van der Waals surface area contributed by atoms with Crippen molar-refractivity contribution in [3.05, 3.63) is 20.8 Å². The number of nitrogens with one attached hydrogen (secondary N) is 1. The van der Waals surface area contributed by atoms with Gasteiger partial charge in [0.15, 0.2) is 0 Å². The van der Waals surface area contributed by atoms with E-state index in [1.807, 2.05) is 11.3 Å². The number of rotatable bonds is 3. The quantitative estimate of drug-likeness (QED) is 0.923. The molecule has 2 heterocycles. The van der Waals surface area contributed by atoms with E-state index in [1.165, 1.54) is 34.6 Å². The first-order chi connectivity index (χ1) is 7.81. The smallest absolute Gasteiger partial charge is 0.0701 e. The minimum absolute atomic E-state index is 0.761. The Morgan fingerprint density at radius 1 is 1.44 bits per heavy atom. The molecule has 0 spiro atoms. The highest BCUT2D eigenvalue weighted by atomic mass is 79.9. The molecule has 1 saturated carbocycles. The van der Waals surface area contributed by atoms with Crippen molar-refractivity contribution in [2.45, 2.75) is 25.4 Å². The van der Waals surface area contributed by atoms with Gasteiger partial charge in [0.05, 0.1) is 3.79 Å². The van der Waals surface area contributed by atoms with Crippen molar-refractivity contribution in [1.82, 2.24) is 10.2 Å². The maximum absolute atomic E-state index is 3.65. The molecule has 2 fully saturated rings. The summed E-state index contributed by atoms with van der Waals surface area (Å²) in [5.74, 6) is 0.970. The van der Waals surface area contributed by atoms with Crippen LogP contribution in [-0.4, -0.2) is 30.6 Å². The highest BCUT2D eigenvalue weighted by Gasteiger charge is 2.33. The zero-order chi connectivity index (χ0) is 11.0. The number of halogens is 1. The van der Waals surface area contributed by atoms with Crippen molar-refractivity contribution in [3.63, 3.8) is 0 Å². The molecule has 0 amide bonds. The summed E-state index contributed by atoms with van der Waals surface area (Å²) < 4.78 is 1.25. The predicted octanol–water partition coefficient (Wildman–Crippen LogP) is 2.69. The van der Waals surface area contributed by atoms with Crippen LogP contribution >= 0.6 is 27.3 Å². The van der Waals surface area contributed by atoms with E-state index in [-0.39, 0.29) is 0 Å². The third-order valence-electron chi connectivity index (χ3n) is 3.49. The Morgan fingerprint density at radius 3 is 3.00 bits per heavy atom. The van der Waals surface area contributed by atoms with E-state index in [2.05, 4.69) is 38.3 Å². The zero-order valence-electron chi connectivity index (χ0n) is 9.29. The number of thiophene rings is 1. The van der Waals surface area contributed by atoms with E-state index in [9.17, 15) is 0 Å². The highest BCUT2D eigenvalue weighted by Crippen LogP contribution is 2.34. The second-order valence-electron chi connectivity index (χ2n) is 4.84. The number of piperazine rings is 1. The van der Waals surface area contributed by atoms with Crippen molar-refractivity contribution < 1.29 is 0 Å². The Balaban J connectivity index is 1.57. The second-order valence-corrected chi connectivity index (χ2v) is 7.39. The fourth-order valence-electron chi connectivity index (χ4n) is 2.46. The molecule has 1 aromatic heterocycles. The summed E-state index contributed by atoms with van der Waals surface area (Å²) in [4.78, 5) is 4.07. The lowest BCUT2D eigenvalue weighted by Crippen LogP contribution is -2.51. The van der Waals surface area contributed by atoms with Crippen LogP contribution in [0.4, 0.5) is 0 Å². The number of nitrogens with zero attached hydrogens (tertiary/aromatic N) is 1. The zero-order valence-corrected chi connectivity index (χ0v) is 11.7. The summed E-state index contributed by atoms with van der Waals surface area (Å²) in [5, 5.41) is 3.65. The number of hydrogen-bond acceptors (Lipinski definition) is 3. The molecule has 2 nitrogen and oxygen atoms in total. The molecule has 1 N–H and O–H groups in total. The molecule has 1 atom stereocenters. The van der Waals surface area contributed by atoms with Crippen LogP contribution < -0.4 is 5.32 Å². The van der Waals surface area contributed by atoms with E-state index >= 15 is 0 Å². The summed E-state index contributed by atoms with van der Waals surface area (Å²) in [6.07, 6.45) is 2.88.